The number of carbonyl (C=O) groups is 2. The van der Waals surface area contributed by atoms with Gasteiger partial charge in [-0.25, -0.2) is 0 Å². The molecule has 0 saturated heterocycles. The average molecular weight is 280 g/mol. The Morgan fingerprint density at radius 1 is 1.30 bits per heavy atom. The maximum Gasteiger partial charge on any atom is 0.145 e. The van der Waals surface area contributed by atoms with Crippen molar-refractivity contribution < 1.29 is 14.7 Å². The van der Waals surface area contributed by atoms with Gasteiger partial charge in [-0.2, -0.15) is 0 Å². The first kappa shape index (κ1) is 17.1. The molecular weight excluding hydrogens is 252 g/mol. The molecule has 3 heteroatoms. The lowest BCUT2D eigenvalue weighted by Crippen LogP contribution is -2.19. The van der Waals surface area contributed by atoms with Crippen LogP contribution in [0.5, 0.6) is 0 Å². The van der Waals surface area contributed by atoms with E-state index in [9.17, 15) is 14.7 Å². The molecule has 1 N–H and O–H groups in total. The standard InChI is InChI=1S/C17H28O3/c1-13(11-15-5-9-17(20)10-6-15)3-7-16(19)8-4-14(2)12-18/h4,12-13,15,17,20H,3,5-11H2,1-2H3/b14-4+/t13-,15?,17?/m0/s1. The molecule has 0 unspecified atom stereocenters. The van der Waals surface area contributed by atoms with Gasteiger partial charge >= 0.3 is 0 Å². The molecule has 0 radical (unpaired) electrons. The van der Waals surface area contributed by atoms with Crippen LogP contribution in [0.15, 0.2) is 11.6 Å². The molecule has 0 spiro atoms. The van der Waals surface area contributed by atoms with Crippen LogP contribution in [0, 0.1) is 11.8 Å². The summed E-state index contributed by atoms with van der Waals surface area (Å²) in [6.07, 6.45) is 9.63. The van der Waals surface area contributed by atoms with Gasteiger partial charge in [0.15, 0.2) is 0 Å². The Hall–Kier alpha value is -0.960. The predicted molar refractivity (Wildman–Crippen MR) is 80.4 cm³/mol. The molecule has 0 aromatic heterocycles. The highest BCUT2D eigenvalue weighted by atomic mass is 16.3. The SMILES string of the molecule is C/C(C=O)=C\CC(=O)CC[C@H](C)CC1CCC(O)CC1. The van der Waals surface area contributed by atoms with Gasteiger partial charge in [0.1, 0.15) is 12.1 Å². The smallest absolute Gasteiger partial charge is 0.145 e. The Kier molecular flexibility index (Phi) is 7.75. The molecule has 1 atom stereocenters. The summed E-state index contributed by atoms with van der Waals surface area (Å²) < 4.78 is 0. The van der Waals surface area contributed by atoms with Gasteiger partial charge in [-0.15, -0.1) is 0 Å². The number of aliphatic hydroxyl groups excluding tert-OH is 1. The van der Waals surface area contributed by atoms with Crippen molar-refractivity contribution in [3.8, 4) is 0 Å². The van der Waals surface area contributed by atoms with Crippen LogP contribution in [0.25, 0.3) is 0 Å². The first-order valence-electron chi connectivity index (χ1n) is 7.83. The number of rotatable bonds is 8. The van der Waals surface area contributed by atoms with Crippen molar-refractivity contribution in [3.63, 3.8) is 0 Å². The average Bonchev–Trinajstić information content (AvgIpc) is 2.45. The van der Waals surface area contributed by atoms with Gasteiger partial charge in [0.25, 0.3) is 0 Å². The van der Waals surface area contributed by atoms with E-state index in [1.165, 1.54) is 6.42 Å². The molecule has 1 rings (SSSR count). The minimum Gasteiger partial charge on any atom is -0.393 e. The Balaban J connectivity index is 2.17. The summed E-state index contributed by atoms with van der Waals surface area (Å²) in [5.41, 5.74) is 0.632. The summed E-state index contributed by atoms with van der Waals surface area (Å²) in [7, 11) is 0. The van der Waals surface area contributed by atoms with Crippen molar-refractivity contribution in [2.24, 2.45) is 11.8 Å². The van der Waals surface area contributed by atoms with Crippen LogP contribution in [-0.4, -0.2) is 23.3 Å². The summed E-state index contributed by atoms with van der Waals surface area (Å²) in [6, 6.07) is 0. The van der Waals surface area contributed by atoms with E-state index in [1.54, 1.807) is 13.0 Å². The summed E-state index contributed by atoms with van der Waals surface area (Å²) in [5, 5.41) is 9.49. The summed E-state index contributed by atoms with van der Waals surface area (Å²) >= 11 is 0. The third kappa shape index (κ3) is 6.99. The number of carbonyl (C=O) groups excluding carboxylic acids is 2. The molecule has 0 amide bonds. The van der Waals surface area contributed by atoms with Crippen molar-refractivity contribution in [1.82, 2.24) is 0 Å². The van der Waals surface area contributed by atoms with Crippen LogP contribution in [0.3, 0.4) is 0 Å². The fraction of sp³-hybridized carbons (Fsp3) is 0.765. The highest BCUT2D eigenvalue weighted by Gasteiger charge is 2.21. The number of hydrogen-bond donors (Lipinski definition) is 1. The first-order chi connectivity index (χ1) is 9.51. The predicted octanol–water partition coefficient (Wildman–Crippen LogP) is 3.45. The number of Topliss-reactive ketones (excluding diaryl/α,β-unsaturated/α-hetero) is 1. The highest BCUT2D eigenvalue weighted by Crippen LogP contribution is 2.30. The maximum absolute atomic E-state index is 11.7. The van der Waals surface area contributed by atoms with E-state index >= 15 is 0 Å². The van der Waals surface area contributed by atoms with Gasteiger partial charge in [-0.3, -0.25) is 9.59 Å². The van der Waals surface area contributed by atoms with Gasteiger partial charge in [0.05, 0.1) is 6.10 Å². The van der Waals surface area contributed by atoms with Crippen LogP contribution < -0.4 is 0 Å². The van der Waals surface area contributed by atoms with Crippen LogP contribution >= 0.6 is 0 Å². The Morgan fingerprint density at radius 3 is 2.55 bits per heavy atom. The normalized spacial score (nSPS) is 25.2. The number of aldehydes is 1. The third-order valence-electron chi connectivity index (χ3n) is 4.31. The molecule has 0 aromatic carbocycles. The number of allylic oxidation sites excluding steroid dienone is 2. The Labute approximate surface area is 122 Å². The lowest BCUT2D eigenvalue weighted by Gasteiger charge is -2.27. The highest BCUT2D eigenvalue weighted by molar-refractivity contribution is 5.81. The molecule has 1 saturated carbocycles. The van der Waals surface area contributed by atoms with Gasteiger partial charge in [0, 0.05) is 12.8 Å². The zero-order valence-corrected chi connectivity index (χ0v) is 12.8. The van der Waals surface area contributed by atoms with Gasteiger partial charge in [-0.1, -0.05) is 13.0 Å². The second kappa shape index (κ2) is 9.06. The van der Waals surface area contributed by atoms with Crippen LogP contribution in [0.1, 0.15) is 65.2 Å². The molecule has 1 aliphatic rings. The van der Waals surface area contributed by atoms with Crippen molar-refractivity contribution in [1.29, 1.82) is 0 Å². The summed E-state index contributed by atoms with van der Waals surface area (Å²) in [5.74, 6) is 1.51. The minimum absolute atomic E-state index is 0.0871. The van der Waals surface area contributed by atoms with Crippen molar-refractivity contribution in [3.05, 3.63) is 11.6 Å². The molecule has 0 heterocycles. The minimum atomic E-state index is -0.0871. The molecule has 0 bridgehead atoms. The maximum atomic E-state index is 11.7. The quantitative estimate of drug-likeness (QED) is 0.547. The van der Waals surface area contributed by atoms with Crippen molar-refractivity contribution in [2.75, 3.05) is 0 Å². The fourth-order valence-electron chi connectivity index (χ4n) is 2.90. The first-order valence-corrected chi connectivity index (χ1v) is 7.83. The van der Waals surface area contributed by atoms with Crippen LogP contribution in [0.2, 0.25) is 0 Å². The van der Waals surface area contributed by atoms with Gasteiger partial charge in [0.2, 0.25) is 0 Å². The monoisotopic (exact) mass is 280 g/mol. The number of hydrogen-bond acceptors (Lipinski definition) is 3. The number of ketones is 1. The van der Waals surface area contributed by atoms with E-state index in [0.29, 0.717) is 24.3 Å². The van der Waals surface area contributed by atoms with Crippen molar-refractivity contribution in [2.45, 2.75) is 71.3 Å². The second-order valence-corrected chi connectivity index (χ2v) is 6.36. The molecule has 0 aromatic rings. The van der Waals surface area contributed by atoms with E-state index in [-0.39, 0.29) is 11.9 Å². The van der Waals surface area contributed by atoms with E-state index in [0.717, 1.165) is 44.3 Å². The molecule has 20 heavy (non-hydrogen) atoms. The Bertz CT molecular complexity index is 338. The second-order valence-electron chi connectivity index (χ2n) is 6.36. The number of aliphatic hydroxyl groups is 1. The molecule has 3 nitrogen and oxygen atoms in total. The molecule has 0 aliphatic heterocycles. The zero-order chi connectivity index (χ0) is 15.0. The summed E-state index contributed by atoms with van der Waals surface area (Å²) in [6.45, 7) is 3.94. The van der Waals surface area contributed by atoms with Gasteiger partial charge < -0.3 is 5.11 Å². The van der Waals surface area contributed by atoms with Crippen molar-refractivity contribution >= 4 is 12.1 Å². The topological polar surface area (TPSA) is 54.4 Å². The fourth-order valence-corrected chi connectivity index (χ4v) is 2.90. The van der Waals surface area contributed by atoms with E-state index in [4.69, 9.17) is 0 Å². The zero-order valence-electron chi connectivity index (χ0n) is 12.8. The largest absolute Gasteiger partial charge is 0.393 e. The molecule has 114 valence electrons. The lowest BCUT2D eigenvalue weighted by atomic mass is 9.81. The van der Waals surface area contributed by atoms with Crippen LogP contribution in [0.4, 0.5) is 0 Å². The molecule has 1 fully saturated rings. The van der Waals surface area contributed by atoms with E-state index in [1.807, 2.05) is 0 Å². The lowest BCUT2D eigenvalue weighted by molar-refractivity contribution is -0.118. The van der Waals surface area contributed by atoms with Crippen LogP contribution in [-0.2, 0) is 9.59 Å². The Morgan fingerprint density at radius 2 is 1.95 bits per heavy atom. The van der Waals surface area contributed by atoms with Gasteiger partial charge in [-0.05, 0) is 62.9 Å². The molecule has 1 aliphatic carbocycles. The van der Waals surface area contributed by atoms with E-state index < -0.39 is 0 Å². The summed E-state index contributed by atoms with van der Waals surface area (Å²) in [4.78, 5) is 22.1. The van der Waals surface area contributed by atoms with E-state index in [2.05, 4.69) is 6.92 Å². The molecular formula is C17H28O3. The third-order valence-corrected chi connectivity index (χ3v) is 4.31.